The van der Waals surface area contributed by atoms with Crippen molar-refractivity contribution in [3.8, 4) is 11.1 Å². The number of pyridine rings is 1. The molecule has 0 unspecified atom stereocenters. The Morgan fingerprint density at radius 1 is 1.27 bits per heavy atom. The van der Waals surface area contributed by atoms with Gasteiger partial charge in [-0.2, -0.15) is 5.10 Å². The van der Waals surface area contributed by atoms with Crippen molar-refractivity contribution in [2.45, 2.75) is 13.8 Å². The molecule has 0 aliphatic rings. The first-order valence-corrected chi connectivity index (χ1v) is 6.97. The first-order valence-electron chi connectivity index (χ1n) is 6.97. The average Bonchev–Trinajstić information content (AvgIpc) is 2.88. The zero-order valence-corrected chi connectivity index (χ0v) is 12.3. The number of aromatic amines is 2. The molecule has 6 nitrogen and oxygen atoms in total. The van der Waals surface area contributed by atoms with Crippen molar-refractivity contribution in [2.24, 2.45) is 0 Å². The summed E-state index contributed by atoms with van der Waals surface area (Å²) in [5.41, 5.74) is 1.90. The summed E-state index contributed by atoms with van der Waals surface area (Å²) in [6, 6.07) is 9.05. The summed E-state index contributed by atoms with van der Waals surface area (Å²) < 4.78 is 5.14. The van der Waals surface area contributed by atoms with Crippen molar-refractivity contribution in [3.63, 3.8) is 0 Å². The van der Waals surface area contributed by atoms with E-state index in [4.69, 9.17) is 4.74 Å². The van der Waals surface area contributed by atoms with Crippen molar-refractivity contribution in [1.82, 2.24) is 15.2 Å². The molecule has 2 heterocycles. The highest BCUT2D eigenvalue weighted by Gasteiger charge is 2.24. The lowest BCUT2D eigenvalue weighted by Gasteiger charge is -2.10. The van der Waals surface area contributed by atoms with Crippen LogP contribution in [0.2, 0.25) is 0 Å². The SMILES string of the molecule is CCOC(=O)c1c(-c2ccccc2)c(=O)[nH]c2n[nH]c(C)c12. The standard InChI is InChI=1S/C16H15N3O3/c1-3-22-16(21)13-11-9(2)18-19-14(11)17-15(20)12(13)10-7-5-4-6-8-10/h4-8H,3H2,1-2H3,(H2,17,18,19,20). The molecule has 1 aromatic carbocycles. The molecule has 0 spiro atoms. The van der Waals surface area contributed by atoms with E-state index in [-0.39, 0.29) is 17.7 Å². The van der Waals surface area contributed by atoms with Crippen molar-refractivity contribution in [1.29, 1.82) is 0 Å². The van der Waals surface area contributed by atoms with E-state index in [1.165, 1.54) is 0 Å². The zero-order valence-electron chi connectivity index (χ0n) is 12.3. The van der Waals surface area contributed by atoms with Gasteiger partial charge in [-0.1, -0.05) is 30.3 Å². The van der Waals surface area contributed by atoms with Crippen LogP contribution in [-0.2, 0) is 4.74 Å². The molecule has 0 fully saturated rings. The van der Waals surface area contributed by atoms with Gasteiger partial charge in [-0.25, -0.2) is 4.79 Å². The number of hydrogen-bond donors (Lipinski definition) is 2. The van der Waals surface area contributed by atoms with Gasteiger partial charge in [-0.05, 0) is 19.4 Å². The van der Waals surface area contributed by atoms with E-state index in [0.717, 1.165) is 0 Å². The van der Waals surface area contributed by atoms with Crippen molar-refractivity contribution in [3.05, 3.63) is 51.9 Å². The fraction of sp³-hybridized carbons (Fsp3) is 0.188. The predicted octanol–water partition coefficient (Wildman–Crippen LogP) is 2.40. The molecule has 2 N–H and O–H groups in total. The smallest absolute Gasteiger partial charge is 0.339 e. The van der Waals surface area contributed by atoms with Crippen LogP contribution in [0.25, 0.3) is 22.2 Å². The number of fused-ring (bicyclic) bond motifs is 1. The summed E-state index contributed by atoms with van der Waals surface area (Å²) in [4.78, 5) is 27.6. The highest BCUT2D eigenvalue weighted by atomic mass is 16.5. The Balaban J connectivity index is 2.42. The molecule has 0 atom stereocenters. The van der Waals surface area contributed by atoms with Crippen molar-refractivity contribution in [2.75, 3.05) is 6.61 Å². The molecule has 0 bridgehead atoms. The number of nitrogens with zero attached hydrogens (tertiary/aromatic N) is 1. The van der Waals surface area contributed by atoms with Crippen LogP contribution in [-0.4, -0.2) is 27.8 Å². The Bertz CT molecular complexity index is 894. The van der Waals surface area contributed by atoms with Gasteiger partial charge in [0.2, 0.25) is 0 Å². The molecule has 2 aromatic heterocycles. The lowest BCUT2D eigenvalue weighted by atomic mass is 9.98. The molecule has 6 heteroatoms. The van der Waals surface area contributed by atoms with Crippen LogP contribution in [0.1, 0.15) is 23.0 Å². The second kappa shape index (κ2) is 5.48. The molecular weight excluding hydrogens is 282 g/mol. The van der Waals surface area contributed by atoms with E-state index in [9.17, 15) is 9.59 Å². The van der Waals surface area contributed by atoms with Gasteiger partial charge in [0, 0.05) is 5.69 Å². The van der Waals surface area contributed by atoms with Crippen molar-refractivity contribution < 1.29 is 9.53 Å². The molecular formula is C16H15N3O3. The Hall–Kier alpha value is -2.89. The minimum atomic E-state index is -0.526. The Kier molecular flexibility index (Phi) is 3.50. The number of aryl methyl sites for hydroxylation is 1. The molecule has 0 saturated heterocycles. The summed E-state index contributed by atoms with van der Waals surface area (Å²) in [5.74, 6) is -0.526. The minimum Gasteiger partial charge on any atom is -0.462 e. The van der Waals surface area contributed by atoms with E-state index in [2.05, 4.69) is 15.2 Å². The van der Waals surface area contributed by atoms with Crippen molar-refractivity contribution >= 4 is 17.0 Å². The third-order valence-corrected chi connectivity index (χ3v) is 3.45. The van der Waals surface area contributed by atoms with Gasteiger partial charge in [0.15, 0.2) is 5.65 Å². The molecule has 112 valence electrons. The number of aromatic nitrogens is 3. The molecule has 0 amide bonds. The summed E-state index contributed by atoms with van der Waals surface area (Å²) in [6.45, 7) is 3.76. The monoisotopic (exact) mass is 297 g/mol. The van der Waals surface area contributed by atoms with Crippen LogP contribution in [0.3, 0.4) is 0 Å². The molecule has 22 heavy (non-hydrogen) atoms. The molecule has 3 aromatic rings. The highest BCUT2D eigenvalue weighted by Crippen LogP contribution is 2.27. The van der Waals surface area contributed by atoms with E-state index >= 15 is 0 Å². The normalized spacial score (nSPS) is 10.8. The number of nitrogens with one attached hydrogen (secondary N) is 2. The number of benzene rings is 1. The van der Waals surface area contributed by atoms with Gasteiger partial charge in [0.05, 0.1) is 23.1 Å². The minimum absolute atomic E-state index is 0.234. The highest BCUT2D eigenvalue weighted by molar-refractivity contribution is 6.09. The number of hydrogen-bond acceptors (Lipinski definition) is 4. The summed E-state index contributed by atoms with van der Waals surface area (Å²) in [6.07, 6.45) is 0. The first kappa shape index (κ1) is 14.1. The van der Waals surface area contributed by atoms with E-state index in [1.807, 2.05) is 18.2 Å². The first-order chi connectivity index (χ1) is 10.6. The fourth-order valence-electron chi connectivity index (χ4n) is 2.52. The lowest BCUT2D eigenvalue weighted by molar-refractivity contribution is 0.0529. The van der Waals surface area contributed by atoms with E-state index in [1.54, 1.807) is 26.0 Å². The maximum atomic E-state index is 12.5. The van der Waals surface area contributed by atoms with Gasteiger partial charge >= 0.3 is 5.97 Å². The maximum Gasteiger partial charge on any atom is 0.339 e. The molecule has 0 radical (unpaired) electrons. The summed E-state index contributed by atoms with van der Waals surface area (Å²) >= 11 is 0. The van der Waals surface area contributed by atoms with E-state index in [0.29, 0.717) is 27.9 Å². The molecule has 0 saturated carbocycles. The Morgan fingerprint density at radius 2 is 2.00 bits per heavy atom. The molecule has 0 aliphatic carbocycles. The lowest BCUT2D eigenvalue weighted by Crippen LogP contribution is -2.17. The number of ether oxygens (including phenoxy) is 1. The second-order valence-electron chi connectivity index (χ2n) is 4.86. The zero-order chi connectivity index (χ0) is 15.7. The number of esters is 1. The third kappa shape index (κ3) is 2.18. The Morgan fingerprint density at radius 3 is 2.68 bits per heavy atom. The average molecular weight is 297 g/mol. The van der Waals surface area contributed by atoms with E-state index < -0.39 is 5.97 Å². The largest absolute Gasteiger partial charge is 0.462 e. The topological polar surface area (TPSA) is 87.8 Å². The molecule has 3 rings (SSSR count). The van der Waals surface area contributed by atoms with Gasteiger partial charge in [0.1, 0.15) is 0 Å². The van der Waals surface area contributed by atoms with Gasteiger partial charge in [-0.15, -0.1) is 0 Å². The van der Waals surface area contributed by atoms with Crippen LogP contribution in [0, 0.1) is 6.92 Å². The number of H-pyrrole nitrogens is 2. The number of carbonyl (C=O) groups is 1. The maximum absolute atomic E-state index is 12.5. The third-order valence-electron chi connectivity index (χ3n) is 3.45. The summed E-state index contributed by atoms with van der Waals surface area (Å²) in [7, 11) is 0. The van der Waals surface area contributed by atoms with Crippen LogP contribution < -0.4 is 5.56 Å². The van der Waals surface area contributed by atoms with Crippen LogP contribution in [0.15, 0.2) is 35.1 Å². The van der Waals surface area contributed by atoms with Gasteiger partial charge in [-0.3, -0.25) is 9.89 Å². The Labute approximate surface area is 126 Å². The second-order valence-corrected chi connectivity index (χ2v) is 4.86. The predicted molar refractivity (Wildman–Crippen MR) is 82.8 cm³/mol. The van der Waals surface area contributed by atoms with Crippen LogP contribution in [0.4, 0.5) is 0 Å². The van der Waals surface area contributed by atoms with Gasteiger partial charge in [0.25, 0.3) is 5.56 Å². The number of carbonyl (C=O) groups excluding carboxylic acids is 1. The summed E-state index contributed by atoms with van der Waals surface area (Å²) in [5, 5.41) is 7.40. The quantitative estimate of drug-likeness (QED) is 0.727. The van der Waals surface area contributed by atoms with Crippen LogP contribution in [0.5, 0.6) is 0 Å². The van der Waals surface area contributed by atoms with Crippen LogP contribution >= 0.6 is 0 Å². The van der Waals surface area contributed by atoms with Gasteiger partial charge < -0.3 is 9.72 Å². The fourth-order valence-corrected chi connectivity index (χ4v) is 2.52. The molecule has 0 aliphatic heterocycles. The number of rotatable bonds is 3.